The highest BCUT2D eigenvalue weighted by atomic mass is 32.1. The van der Waals surface area contributed by atoms with Crippen LogP contribution in [0, 0.1) is 18.8 Å². The highest BCUT2D eigenvalue weighted by molar-refractivity contribution is 7.80. The van der Waals surface area contributed by atoms with Gasteiger partial charge in [0, 0.05) is 11.7 Å². The summed E-state index contributed by atoms with van der Waals surface area (Å²) >= 11 is 5.45. The van der Waals surface area contributed by atoms with Crippen LogP contribution >= 0.6 is 12.2 Å². The Morgan fingerprint density at radius 1 is 1.32 bits per heavy atom. The number of carbonyl (C=O) groups excluding carboxylic acids is 1. The van der Waals surface area contributed by atoms with Gasteiger partial charge in [-0.2, -0.15) is 0 Å². The highest BCUT2D eigenvalue weighted by Gasteiger charge is 2.39. The maximum absolute atomic E-state index is 11.6. The number of benzene rings is 1. The minimum atomic E-state index is -0.338. The van der Waals surface area contributed by atoms with E-state index in [4.69, 9.17) is 17.0 Å². The third-order valence-electron chi connectivity index (χ3n) is 4.96. The van der Waals surface area contributed by atoms with Gasteiger partial charge in [-0.3, -0.25) is 0 Å². The van der Waals surface area contributed by atoms with Crippen LogP contribution in [0.25, 0.3) is 0 Å². The van der Waals surface area contributed by atoms with E-state index in [1.807, 2.05) is 13.0 Å². The van der Waals surface area contributed by atoms with Gasteiger partial charge < -0.3 is 15.4 Å². The zero-order valence-corrected chi connectivity index (χ0v) is 13.8. The number of rotatable bonds is 3. The van der Waals surface area contributed by atoms with Crippen LogP contribution in [0.5, 0.6) is 0 Å². The van der Waals surface area contributed by atoms with Crippen molar-refractivity contribution in [2.24, 2.45) is 11.8 Å². The SMILES string of the molecule is COC(=O)c1ccc(C)c(NC(=S)N[C@@H]2C[C@H]3CC[C@H]2C3)c1. The quantitative estimate of drug-likeness (QED) is 0.662. The number of nitrogens with one attached hydrogen (secondary N) is 2. The normalized spacial score (nSPS) is 25.8. The van der Waals surface area contributed by atoms with Gasteiger partial charge in [0.1, 0.15) is 0 Å². The summed E-state index contributed by atoms with van der Waals surface area (Å²) in [5.41, 5.74) is 2.42. The summed E-state index contributed by atoms with van der Waals surface area (Å²) in [6.45, 7) is 1.99. The van der Waals surface area contributed by atoms with E-state index in [0.717, 1.165) is 23.1 Å². The summed E-state index contributed by atoms with van der Waals surface area (Å²) in [6.07, 6.45) is 5.27. The van der Waals surface area contributed by atoms with Crippen LogP contribution in [0.1, 0.15) is 41.6 Å². The van der Waals surface area contributed by atoms with Crippen molar-refractivity contribution in [1.82, 2.24) is 5.32 Å². The molecule has 22 heavy (non-hydrogen) atoms. The molecular formula is C17H22N2O2S. The lowest BCUT2D eigenvalue weighted by molar-refractivity contribution is 0.0601. The van der Waals surface area contributed by atoms with Crippen LogP contribution in [0.3, 0.4) is 0 Å². The molecule has 2 saturated carbocycles. The number of anilines is 1. The molecule has 0 aliphatic heterocycles. The molecule has 0 heterocycles. The first-order valence-corrected chi connectivity index (χ1v) is 8.24. The van der Waals surface area contributed by atoms with Crippen molar-refractivity contribution in [3.8, 4) is 0 Å². The maximum atomic E-state index is 11.6. The van der Waals surface area contributed by atoms with Crippen molar-refractivity contribution in [3.05, 3.63) is 29.3 Å². The van der Waals surface area contributed by atoms with Crippen LogP contribution < -0.4 is 10.6 Å². The fourth-order valence-electron chi connectivity index (χ4n) is 3.75. The van der Waals surface area contributed by atoms with Crippen LogP contribution in [0.15, 0.2) is 18.2 Å². The fraction of sp³-hybridized carbons (Fsp3) is 0.529. The lowest BCUT2D eigenvalue weighted by Crippen LogP contribution is -2.40. The lowest BCUT2D eigenvalue weighted by Gasteiger charge is -2.25. The van der Waals surface area contributed by atoms with E-state index in [0.29, 0.717) is 16.7 Å². The molecule has 0 spiro atoms. The van der Waals surface area contributed by atoms with Crippen LogP contribution in [0.2, 0.25) is 0 Å². The number of aryl methyl sites for hydroxylation is 1. The second kappa shape index (κ2) is 6.24. The Labute approximate surface area is 136 Å². The summed E-state index contributed by atoms with van der Waals surface area (Å²) in [7, 11) is 1.39. The van der Waals surface area contributed by atoms with Gasteiger partial charge in [0.2, 0.25) is 0 Å². The molecule has 1 aromatic carbocycles. The highest BCUT2D eigenvalue weighted by Crippen LogP contribution is 2.44. The molecule has 2 N–H and O–H groups in total. The summed E-state index contributed by atoms with van der Waals surface area (Å²) in [5, 5.41) is 7.32. The van der Waals surface area contributed by atoms with E-state index in [1.54, 1.807) is 12.1 Å². The number of methoxy groups -OCH3 is 1. The number of hydrogen-bond donors (Lipinski definition) is 2. The van der Waals surface area contributed by atoms with E-state index >= 15 is 0 Å². The number of ether oxygens (including phenoxy) is 1. The second-order valence-corrected chi connectivity index (χ2v) is 6.81. The van der Waals surface area contributed by atoms with Crippen LogP contribution in [0.4, 0.5) is 5.69 Å². The van der Waals surface area contributed by atoms with Gasteiger partial charge in [-0.05, 0) is 67.9 Å². The smallest absolute Gasteiger partial charge is 0.337 e. The summed E-state index contributed by atoms with van der Waals surface area (Å²) < 4.78 is 4.76. The van der Waals surface area contributed by atoms with Crippen molar-refractivity contribution >= 4 is 29.0 Å². The molecule has 0 unspecified atom stereocenters. The predicted molar refractivity (Wildman–Crippen MR) is 91.1 cm³/mol. The minimum absolute atomic E-state index is 0.338. The van der Waals surface area contributed by atoms with E-state index in [1.165, 1.54) is 32.8 Å². The van der Waals surface area contributed by atoms with Crippen molar-refractivity contribution in [3.63, 3.8) is 0 Å². The van der Waals surface area contributed by atoms with Crippen molar-refractivity contribution in [2.45, 2.75) is 38.6 Å². The van der Waals surface area contributed by atoms with E-state index in [-0.39, 0.29) is 5.97 Å². The zero-order chi connectivity index (χ0) is 15.7. The predicted octanol–water partition coefficient (Wildman–Crippen LogP) is 3.26. The van der Waals surface area contributed by atoms with E-state index < -0.39 is 0 Å². The van der Waals surface area contributed by atoms with Gasteiger partial charge in [-0.1, -0.05) is 12.5 Å². The molecule has 3 rings (SSSR count). The molecule has 0 amide bonds. The summed E-state index contributed by atoms with van der Waals surface area (Å²) in [4.78, 5) is 11.6. The van der Waals surface area contributed by atoms with Crippen molar-refractivity contribution in [1.29, 1.82) is 0 Å². The van der Waals surface area contributed by atoms with Gasteiger partial charge in [0.15, 0.2) is 5.11 Å². The molecule has 2 aliphatic rings. The molecule has 0 aromatic heterocycles. The van der Waals surface area contributed by atoms with Crippen molar-refractivity contribution in [2.75, 3.05) is 12.4 Å². The molecule has 0 saturated heterocycles. The summed E-state index contributed by atoms with van der Waals surface area (Å²) in [5.74, 6) is 1.32. The molecular weight excluding hydrogens is 296 g/mol. The Bertz CT molecular complexity index is 602. The maximum Gasteiger partial charge on any atom is 0.337 e. The Kier molecular flexibility index (Phi) is 4.34. The molecule has 118 valence electrons. The molecule has 5 heteroatoms. The lowest BCUT2D eigenvalue weighted by atomic mass is 9.95. The van der Waals surface area contributed by atoms with Gasteiger partial charge in [0.25, 0.3) is 0 Å². The van der Waals surface area contributed by atoms with Crippen LogP contribution in [-0.2, 0) is 4.74 Å². The molecule has 2 aliphatic carbocycles. The van der Waals surface area contributed by atoms with Crippen LogP contribution in [-0.4, -0.2) is 24.2 Å². The molecule has 4 nitrogen and oxygen atoms in total. The van der Waals surface area contributed by atoms with Crippen molar-refractivity contribution < 1.29 is 9.53 Å². The third kappa shape index (κ3) is 3.09. The average molecular weight is 318 g/mol. The van der Waals surface area contributed by atoms with Gasteiger partial charge >= 0.3 is 5.97 Å². The first-order valence-electron chi connectivity index (χ1n) is 7.83. The fourth-order valence-corrected chi connectivity index (χ4v) is 4.01. The van der Waals surface area contributed by atoms with Gasteiger partial charge in [0.05, 0.1) is 12.7 Å². The molecule has 3 atom stereocenters. The standard InChI is InChI=1S/C17H22N2O2S/c1-10-3-5-13(16(20)21-2)9-14(10)18-17(22)19-15-8-11-4-6-12(15)7-11/h3,5,9,11-12,15H,4,6-8H2,1-2H3,(H2,18,19,22)/t11-,12-,15+/m0/s1. The Balaban J connectivity index is 1.64. The first-order chi connectivity index (χ1) is 10.6. The minimum Gasteiger partial charge on any atom is -0.465 e. The molecule has 2 fully saturated rings. The largest absolute Gasteiger partial charge is 0.465 e. The Morgan fingerprint density at radius 2 is 2.14 bits per heavy atom. The number of fused-ring (bicyclic) bond motifs is 2. The number of thiocarbonyl (C=S) groups is 1. The number of hydrogen-bond acceptors (Lipinski definition) is 3. The second-order valence-electron chi connectivity index (χ2n) is 6.40. The van der Waals surface area contributed by atoms with E-state index in [2.05, 4.69) is 10.6 Å². The summed E-state index contributed by atoms with van der Waals surface area (Å²) in [6, 6.07) is 5.95. The average Bonchev–Trinajstić information content (AvgIpc) is 3.11. The first kappa shape index (κ1) is 15.3. The van der Waals surface area contributed by atoms with Gasteiger partial charge in [-0.25, -0.2) is 4.79 Å². The Morgan fingerprint density at radius 3 is 2.77 bits per heavy atom. The Hall–Kier alpha value is -1.62. The number of carbonyl (C=O) groups is 1. The zero-order valence-electron chi connectivity index (χ0n) is 13.0. The third-order valence-corrected chi connectivity index (χ3v) is 5.18. The molecule has 0 radical (unpaired) electrons. The topological polar surface area (TPSA) is 50.4 Å². The van der Waals surface area contributed by atoms with Gasteiger partial charge in [-0.15, -0.1) is 0 Å². The molecule has 2 bridgehead atoms. The number of esters is 1. The van der Waals surface area contributed by atoms with E-state index in [9.17, 15) is 4.79 Å². The monoisotopic (exact) mass is 318 g/mol. The molecule has 1 aromatic rings.